The maximum Gasteiger partial charge on any atom is 0.226 e. The molecule has 0 atom stereocenters. The summed E-state index contributed by atoms with van der Waals surface area (Å²) in [4.78, 5) is 24.6. The second-order valence-electron chi connectivity index (χ2n) is 5.31. The van der Waals surface area contributed by atoms with Crippen molar-refractivity contribution in [3.8, 4) is 11.3 Å². The highest BCUT2D eigenvalue weighted by atomic mass is 35.5. The normalized spacial score (nSPS) is 10.7. The summed E-state index contributed by atoms with van der Waals surface area (Å²) in [5.74, 6) is 0.911. The molecule has 0 radical (unpaired) electrons. The number of hydrogen-bond acceptors (Lipinski definition) is 8. The molecule has 0 spiro atoms. The highest BCUT2D eigenvalue weighted by Gasteiger charge is 2.11. The molecular formula is C16H14Cl2N6OS2. The second kappa shape index (κ2) is 8.75. The highest BCUT2D eigenvalue weighted by molar-refractivity contribution is 7.99. The molecule has 1 amide bonds. The van der Waals surface area contributed by atoms with E-state index in [9.17, 15) is 4.79 Å². The molecule has 2 heterocycles. The predicted octanol–water partition coefficient (Wildman–Crippen LogP) is 4.19. The summed E-state index contributed by atoms with van der Waals surface area (Å²) in [5, 5.41) is 6.58. The molecule has 11 heteroatoms. The van der Waals surface area contributed by atoms with Gasteiger partial charge < -0.3 is 16.8 Å². The van der Waals surface area contributed by atoms with Gasteiger partial charge in [0.2, 0.25) is 5.91 Å². The van der Waals surface area contributed by atoms with Crippen molar-refractivity contribution in [2.75, 3.05) is 22.5 Å². The van der Waals surface area contributed by atoms with Crippen molar-refractivity contribution in [1.29, 1.82) is 0 Å². The third kappa shape index (κ3) is 5.46. The number of benzene rings is 1. The van der Waals surface area contributed by atoms with Gasteiger partial charge in [-0.1, -0.05) is 35.0 Å². The van der Waals surface area contributed by atoms with Gasteiger partial charge in [0.25, 0.3) is 0 Å². The van der Waals surface area contributed by atoms with Gasteiger partial charge in [-0.2, -0.15) is 0 Å². The minimum Gasteiger partial charge on any atom is -0.383 e. The average molecular weight is 441 g/mol. The number of amides is 1. The number of rotatable bonds is 6. The van der Waals surface area contributed by atoms with E-state index in [4.69, 9.17) is 34.7 Å². The Hall–Kier alpha value is -2.07. The molecule has 3 rings (SSSR count). The third-order valence-electron chi connectivity index (χ3n) is 3.26. The predicted molar refractivity (Wildman–Crippen MR) is 112 cm³/mol. The van der Waals surface area contributed by atoms with Crippen molar-refractivity contribution >= 4 is 69.0 Å². The molecule has 0 fully saturated rings. The molecule has 1 aromatic carbocycles. The van der Waals surface area contributed by atoms with E-state index >= 15 is 0 Å². The lowest BCUT2D eigenvalue weighted by Crippen LogP contribution is -2.12. The molecule has 0 aliphatic carbocycles. The standard InChI is InChI=1S/C16H14Cl2N6OS2/c17-8-1-2-9(10(18)5-8)11-7-27-15(21-11)24-14(25)3-4-26-16-22-12(19)6-13(20)23-16/h1-2,5-7H,3-4H2,(H,21,24,25)(H4,19,20,22,23). The van der Waals surface area contributed by atoms with Crippen LogP contribution in [0.2, 0.25) is 10.0 Å². The zero-order chi connectivity index (χ0) is 19.4. The molecule has 140 valence electrons. The van der Waals surface area contributed by atoms with E-state index in [2.05, 4.69) is 20.3 Å². The minimum atomic E-state index is -0.164. The fraction of sp³-hybridized carbons (Fsp3) is 0.125. The van der Waals surface area contributed by atoms with E-state index in [0.717, 1.165) is 5.56 Å². The molecule has 0 saturated heterocycles. The summed E-state index contributed by atoms with van der Waals surface area (Å²) < 4.78 is 0. The minimum absolute atomic E-state index is 0.164. The molecule has 3 aromatic rings. The molecule has 2 aromatic heterocycles. The van der Waals surface area contributed by atoms with Crippen LogP contribution >= 0.6 is 46.3 Å². The van der Waals surface area contributed by atoms with E-state index in [-0.39, 0.29) is 12.3 Å². The monoisotopic (exact) mass is 440 g/mol. The van der Waals surface area contributed by atoms with Crippen LogP contribution in [-0.4, -0.2) is 26.6 Å². The van der Waals surface area contributed by atoms with Gasteiger partial charge in [-0.25, -0.2) is 15.0 Å². The van der Waals surface area contributed by atoms with Crippen LogP contribution in [0.4, 0.5) is 16.8 Å². The molecule has 0 unspecified atom stereocenters. The fourth-order valence-electron chi connectivity index (χ4n) is 2.10. The Morgan fingerprint density at radius 2 is 1.89 bits per heavy atom. The summed E-state index contributed by atoms with van der Waals surface area (Å²) in [7, 11) is 0. The number of thioether (sulfide) groups is 1. The summed E-state index contributed by atoms with van der Waals surface area (Å²) in [5.41, 5.74) is 12.7. The van der Waals surface area contributed by atoms with E-state index in [1.807, 2.05) is 5.38 Å². The summed E-state index contributed by atoms with van der Waals surface area (Å²) >= 11 is 14.7. The topological polar surface area (TPSA) is 120 Å². The van der Waals surface area contributed by atoms with Gasteiger partial charge in [-0.15, -0.1) is 11.3 Å². The van der Waals surface area contributed by atoms with Crippen molar-refractivity contribution in [3.05, 3.63) is 39.7 Å². The molecule has 7 nitrogen and oxygen atoms in total. The van der Waals surface area contributed by atoms with Gasteiger partial charge in [-0.3, -0.25) is 4.79 Å². The maximum atomic E-state index is 12.1. The number of thiazole rings is 1. The molecule has 27 heavy (non-hydrogen) atoms. The SMILES string of the molecule is Nc1cc(N)nc(SCCC(=O)Nc2nc(-c3ccc(Cl)cc3Cl)cs2)n1. The quantitative estimate of drug-likeness (QED) is 0.388. The number of aromatic nitrogens is 3. The van der Waals surface area contributed by atoms with E-state index in [1.54, 1.807) is 18.2 Å². The first-order valence-electron chi connectivity index (χ1n) is 7.64. The maximum absolute atomic E-state index is 12.1. The van der Waals surface area contributed by atoms with Gasteiger partial charge in [0.05, 0.1) is 10.7 Å². The molecule has 5 N–H and O–H groups in total. The first-order valence-corrected chi connectivity index (χ1v) is 10.3. The largest absolute Gasteiger partial charge is 0.383 e. The Labute approximate surface area is 173 Å². The van der Waals surface area contributed by atoms with Crippen molar-refractivity contribution < 1.29 is 4.79 Å². The number of nitrogens with zero attached hydrogens (tertiary/aromatic N) is 3. The van der Waals surface area contributed by atoms with Crippen LogP contribution in [0.5, 0.6) is 0 Å². The van der Waals surface area contributed by atoms with Crippen LogP contribution in [0, 0.1) is 0 Å². The van der Waals surface area contributed by atoms with Crippen molar-refractivity contribution in [2.45, 2.75) is 11.6 Å². The van der Waals surface area contributed by atoms with Crippen molar-refractivity contribution in [3.63, 3.8) is 0 Å². The zero-order valence-corrected chi connectivity index (χ0v) is 16.9. The van der Waals surface area contributed by atoms with Gasteiger partial charge >= 0.3 is 0 Å². The lowest BCUT2D eigenvalue weighted by atomic mass is 10.2. The van der Waals surface area contributed by atoms with Gasteiger partial charge in [0, 0.05) is 34.2 Å². The van der Waals surface area contributed by atoms with E-state index in [0.29, 0.717) is 43.4 Å². The lowest BCUT2D eigenvalue weighted by molar-refractivity contribution is -0.115. The lowest BCUT2D eigenvalue weighted by Gasteiger charge is -2.03. The molecule has 0 bridgehead atoms. The third-order valence-corrected chi connectivity index (χ3v) is 5.42. The Bertz CT molecular complexity index is 961. The van der Waals surface area contributed by atoms with Crippen LogP contribution in [0.15, 0.2) is 34.8 Å². The van der Waals surface area contributed by atoms with Gasteiger partial charge in [0.15, 0.2) is 10.3 Å². The summed E-state index contributed by atoms with van der Waals surface area (Å²) in [6, 6.07) is 6.66. The summed E-state index contributed by atoms with van der Waals surface area (Å²) in [6.45, 7) is 0. The smallest absolute Gasteiger partial charge is 0.226 e. The van der Waals surface area contributed by atoms with Crippen LogP contribution in [0.25, 0.3) is 11.3 Å². The van der Waals surface area contributed by atoms with E-state index < -0.39 is 0 Å². The number of nitrogens with one attached hydrogen (secondary N) is 1. The van der Waals surface area contributed by atoms with Crippen LogP contribution in [-0.2, 0) is 4.79 Å². The summed E-state index contributed by atoms with van der Waals surface area (Å²) in [6.07, 6.45) is 0.263. The Balaban J connectivity index is 1.55. The van der Waals surface area contributed by atoms with Crippen LogP contribution in [0.1, 0.15) is 6.42 Å². The van der Waals surface area contributed by atoms with Crippen LogP contribution < -0.4 is 16.8 Å². The number of carbonyl (C=O) groups excluding carboxylic acids is 1. The van der Waals surface area contributed by atoms with Crippen molar-refractivity contribution in [2.24, 2.45) is 0 Å². The number of anilines is 3. The number of nitrogens with two attached hydrogens (primary N) is 2. The van der Waals surface area contributed by atoms with Crippen LogP contribution in [0.3, 0.4) is 0 Å². The number of hydrogen-bond donors (Lipinski definition) is 3. The first kappa shape index (κ1) is 19.7. The Kier molecular flexibility index (Phi) is 6.38. The molecule has 0 saturated carbocycles. The van der Waals surface area contributed by atoms with Crippen molar-refractivity contribution in [1.82, 2.24) is 15.0 Å². The number of halogens is 2. The zero-order valence-electron chi connectivity index (χ0n) is 13.8. The molecular weight excluding hydrogens is 427 g/mol. The Morgan fingerprint density at radius 3 is 2.59 bits per heavy atom. The number of nitrogen functional groups attached to an aromatic ring is 2. The fourth-order valence-corrected chi connectivity index (χ4v) is 4.14. The Morgan fingerprint density at radius 1 is 1.15 bits per heavy atom. The van der Waals surface area contributed by atoms with E-state index in [1.165, 1.54) is 29.2 Å². The number of carbonyl (C=O) groups is 1. The van der Waals surface area contributed by atoms with Gasteiger partial charge in [0.1, 0.15) is 11.6 Å². The molecule has 0 aliphatic heterocycles. The molecule has 0 aliphatic rings. The van der Waals surface area contributed by atoms with Gasteiger partial charge in [-0.05, 0) is 18.2 Å². The first-order chi connectivity index (χ1) is 12.9. The average Bonchev–Trinajstić information content (AvgIpc) is 3.02. The second-order valence-corrected chi connectivity index (χ2v) is 8.07. The highest BCUT2D eigenvalue weighted by Crippen LogP contribution is 2.32.